The molecule has 9 aromatic carbocycles. The molecule has 2 heterocycles. The first-order valence-electron chi connectivity index (χ1n) is 19.3. The Labute approximate surface area is 328 Å². The van der Waals surface area contributed by atoms with E-state index in [4.69, 9.17) is 0 Å². The zero-order chi connectivity index (χ0) is 37.0. The number of anilines is 6. The fraction of sp³-hybridized carbons (Fsp3) is 0. The lowest BCUT2D eigenvalue weighted by molar-refractivity contribution is 1.08. The number of hydrogen-bond donors (Lipinski definition) is 0. The van der Waals surface area contributed by atoms with E-state index in [1.165, 1.54) is 76.8 Å². The quantitative estimate of drug-likeness (QED) is 0.125. The predicted molar refractivity (Wildman–Crippen MR) is 241 cm³/mol. The molecule has 1 aliphatic heterocycles. The number of benzene rings is 9. The van der Waals surface area contributed by atoms with Gasteiger partial charge < -0.3 is 4.90 Å². The zero-order valence-corrected chi connectivity index (χ0v) is 32.2. The molecule has 1 aromatic heterocycles. The van der Waals surface area contributed by atoms with Gasteiger partial charge in [0.15, 0.2) is 0 Å². The van der Waals surface area contributed by atoms with Crippen LogP contribution >= 0.6 is 0 Å². The van der Waals surface area contributed by atoms with Crippen LogP contribution in [0.2, 0.25) is 0 Å². The van der Waals surface area contributed by atoms with E-state index >= 15 is 0 Å². The number of fused-ring (bicyclic) bond motifs is 7. The first kappa shape index (κ1) is 32.3. The molecule has 4 heteroatoms. The minimum Gasteiger partial charge on any atom is -0.310 e. The van der Waals surface area contributed by atoms with Crippen molar-refractivity contribution in [3.05, 3.63) is 212 Å². The van der Waals surface area contributed by atoms with Gasteiger partial charge in [0.05, 0.1) is 20.7 Å². The predicted octanol–water partition coefficient (Wildman–Crippen LogP) is 12.0. The van der Waals surface area contributed by atoms with Crippen LogP contribution in [0.4, 0.5) is 34.3 Å². The highest BCUT2D eigenvalue weighted by Crippen LogP contribution is 2.45. The molecule has 0 saturated heterocycles. The maximum absolute atomic E-state index is 2.50. The Bertz CT molecular complexity index is 3050. The summed E-state index contributed by atoms with van der Waals surface area (Å²) in [5.74, 6) is 1.25. The summed E-state index contributed by atoms with van der Waals surface area (Å²) >= 11 is 0. The van der Waals surface area contributed by atoms with Gasteiger partial charge in [-0.15, -0.1) is 0 Å². The Morgan fingerprint density at radius 2 is 0.982 bits per heavy atom. The van der Waals surface area contributed by atoms with Crippen LogP contribution < -0.4 is 20.2 Å². The molecule has 0 aliphatic carbocycles. The molecule has 56 heavy (non-hydrogen) atoms. The van der Waals surface area contributed by atoms with Gasteiger partial charge in [0, 0.05) is 39.2 Å². The molecule has 0 unspecified atom stereocenters. The van der Waals surface area contributed by atoms with E-state index in [-0.39, 0.29) is 0 Å². The molecule has 0 bridgehead atoms. The molecule has 10 aromatic rings. The van der Waals surface area contributed by atoms with E-state index in [2.05, 4.69) is 227 Å². The van der Waals surface area contributed by atoms with Gasteiger partial charge in [0.1, 0.15) is 5.82 Å². The number of nitrogens with zero attached hydrogens (tertiary/aromatic N) is 3. The maximum Gasteiger partial charge on any atom is 0.122 e. The van der Waals surface area contributed by atoms with Crippen molar-refractivity contribution in [2.24, 2.45) is 0 Å². The molecule has 11 rings (SSSR count). The average Bonchev–Trinajstić information content (AvgIpc) is 3.60. The standard InChI is InChI=1S/C52H37N3Si/c1-4-16-36(17-5-1)37-28-30-41(31-29-37)53(49-34-38-18-10-11-23-43(38)44-24-12-13-25-45(44)49)42-32-33-48-50(35-42)56-51-46-26-14-15-27-47(46)54(39-19-6-2-7-20-39)52(51)55(48)40-21-8-3-9-22-40/h1-35H,56H2. The van der Waals surface area contributed by atoms with Gasteiger partial charge in [-0.1, -0.05) is 146 Å². The average molecular weight is 732 g/mol. The molecule has 0 amide bonds. The molecule has 0 N–H and O–H groups in total. The minimum atomic E-state index is -0.956. The van der Waals surface area contributed by atoms with Crippen LogP contribution in [0.25, 0.3) is 49.3 Å². The van der Waals surface area contributed by atoms with Gasteiger partial charge in [0.25, 0.3) is 0 Å². The number of hydrogen-bond acceptors (Lipinski definition) is 2. The molecule has 0 saturated carbocycles. The van der Waals surface area contributed by atoms with Crippen molar-refractivity contribution >= 4 is 86.6 Å². The molecular weight excluding hydrogens is 695 g/mol. The molecule has 0 radical (unpaired) electrons. The van der Waals surface area contributed by atoms with Crippen LogP contribution in [0.5, 0.6) is 0 Å². The summed E-state index contributed by atoms with van der Waals surface area (Å²) in [6.07, 6.45) is 0. The van der Waals surface area contributed by atoms with Crippen LogP contribution in [-0.4, -0.2) is 14.1 Å². The van der Waals surface area contributed by atoms with Gasteiger partial charge >= 0.3 is 0 Å². The van der Waals surface area contributed by atoms with E-state index in [1.807, 2.05) is 0 Å². The monoisotopic (exact) mass is 731 g/mol. The van der Waals surface area contributed by atoms with E-state index in [9.17, 15) is 0 Å². The van der Waals surface area contributed by atoms with Crippen LogP contribution in [0, 0.1) is 0 Å². The van der Waals surface area contributed by atoms with Crippen molar-refractivity contribution in [1.82, 2.24) is 4.57 Å². The Morgan fingerprint density at radius 3 is 1.73 bits per heavy atom. The molecule has 0 spiro atoms. The first-order valence-corrected chi connectivity index (χ1v) is 20.7. The lowest BCUT2D eigenvalue weighted by Gasteiger charge is -2.35. The van der Waals surface area contributed by atoms with E-state index in [0.717, 1.165) is 17.1 Å². The van der Waals surface area contributed by atoms with Crippen LogP contribution in [0.3, 0.4) is 0 Å². The minimum absolute atomic E-state index is 0.956. The highest BCUT2D eigenvalue weighted by Gasteiger charge is 2.32. The highest BCUT2D eigenvalue weighted by molar-refractivity contribution is 6.74. The Morgan fingerprint density at radius 1 is 0.411 bits per heavy atom. The molecule has 0 atom stereocenters. The van der Waals surface area contributed by atoms with Crippen molar-refractivity contribution in [3.63, 3.8) is 0 Å². The third kappa shape index (κ3) is 5.26. The second-order valence-electron chi connectivity index (χ2n) is 14.6. The Balaban J connectivity index is 1.15. The topological polar surface area (TPSA) is 11.4 Å². The van der Waals surface area contributed by atoms with Crippen molar-refractivity contribution in [1.29, 1.82) is 0 Å². The van der Waals surface area contributed by atoms with Crippen LogP contribution in [0.1, 0.15) is 0 Å². The van der Waals surface area contributed by atoms with Gasteiger partial charge in [-0.3, -0.25) is 9.47 Å². The highest BCUT2D eigenvalue weighted by atomic mass is 28.2. The summed E-state index contributed by atoms with van der Waals surface area (Å²) in [4.78, 5) is 4.98. The fourth-order valence-corrected chi connectivity index (χ4v) is 10.9. The fourth-order valence-electron chi connectivity index (χ4n) is 8.84. The number of rotatable bonds is 6. The largest absolute Gasteiger partial charge is 0.310 e. The van der Waals surface area contributed by atoms with Crippen molar-refractivity contribution < 1.29 is 0 Å². The number of para-hydroxylation sites is 3. The summed E-state index contributed by atoms with van der Waals surface area (Å²) < 4.78 is 2.48. The van der Waals surface area contributed by atoms with E-state index in [1.54, 1.807) is 0 Å². The van der Waals surface area contributed by atoms with Gasteiger partial charge in [-0.25, -0.2) is 0 Å². The molecule has 0 fully saturated rings. The third-order valence-corrected chi connectivity index (χ3v) is 13.3. The summed E-state index contributed by atoms with van der Waals surface area (Å²) in [5, 5.41) is 9.21. The third-order valence-electron chi connectivity index (χ3n) is 11.3. The zero-order valence-electron chi connectivity index (χ0n) is 30.8. The van der Waals surface area contributed by atoms with E-state index in [0.29, 0.717) is 0 Å². The Kier molecular flexibility index (Phi) is 7.68. The summed E-state index contributed by atoms with van der Waals surface area (Å²) in [6.45, 7) is 0. The smallest absolute Gasteiger partial charge is 0.122 e. The summed E-state index contributed by atoms with van der Waals surface area (Å²) in [6, 6.07) is 77.6. The van der Waals surface area contributed by atoms with Crippen molar-refractivity contribution in [3.8, 4) is 16.8 Å². The van der Waals surface area contributed by atoms with Crippen molar-refractivity contribution in [2.75, 3.05) is 9.80 Å². The SMILES string of the molecule is c1ccc(-c2ccc(N(c3ccc4c(c3)[SiH2]c3c(n(-c5ccccc5)c5ccccc35)N4c3ccccc3)c3cc4ccccc4c4ccccc34)cc2)cc1. The van der Waals surface area contributed by atoms with Crippen LogP contribution in [-0.2, 0) is 0 Å². The second-order valence-corrected chi connectivity index (χ2v) is 16.4. The number of aromatic nitrogens is 1. The summed E-state index contributed by atoms with van der Waals surface area (Å²) in [7, 11) is -0.956. The summed E-state index contributed by atoms with van der Waals surface area (Å²) in [5.41, 5.74) is 10.7. The second kappa shape index (κ2) is 13.3. The lowest BCUT2D eigenvalue weighted by atomic mass is 9.98. The van der Waals surface area contributed by atoms with Gasteiger partial charge in [-0.2, -0.15) is 0 Å². The molecular formula is C52H37N3Si. The molecule has 264 valence electrons. The Hall–Kier alpha value is -7.14. The lowest BCUT2D eigenvalue weighted by Crippen LogP contribution is -2.40. The normalized spacial score (nSPS) is 12.6. The van der Waals surface area contributed by atoms with Gasteiger partial charge in [-0.05, 0) is 104 Å². The maximum atomic E-state index is 2.50. The molecule has 1 aliphatic rings. The molecule has 3 nitrogen and oxygen atoms in total. The van der Waals surface area contributed by atoms with Crippen molar-refractivity contribution in [2.45, 2.75) is 0 Å². The first-order chi connectivity index (χ1) is 27.8. The van der Waals surface area contributed by atoms with Gasteiger partial charge in [0.2, 0.25) is 0 Å². The van der Waals surface area contributed by atoms with E-state index < -0.39 is 9.52 Å². The van der Waals surface area contributed by atoms with Crippen LogP contribution in [0.15, 0.2) is 212 Å².